The van der Waals surface area contributed by atoms with Crippen molar-refractivity contribution in [1.29, 1.82) is 0 Å². The Bertz CT molecular complexity index is 861. The number of benzene rings is 1. The fourth-order valence-corrected chi connectivity index (χ4v) is 4.52. The lowest BCUT2D eigenvalue weighted by Crippen LogP contribution is -2.41. The number of pyridine rings is 1. The third-order valence-corrected chi connectivity index (χ3v) is 6.12. The second kappa shape index (κ2) is 8.85. The third kappa shape index (κ3) is 4.72. The van der Waals surface area contributed by atoms with Crippen LogP contribution < -0.4 is 14.8 Å². The van der Waals surface area contributed by atoms with Crippen LogP contribution in [0.1, 0.15) is 55.0 Å². The van der Waals surface area contributed by atoms with Gasteiger partial charge in [-0.2, -0.15) is 0 Å². The molecule has 1 saturated heterocycles. The van der Waals surface area contributed by atoms with Crippen LogP contribution in [-0.4, -0.2) is 30.6 Å². The molecule has 1 aromatic heterocycles. The number of amides is 1. The van der Waals surface area contributed by atoms with Crippen LogP contribution in [0.3, 0.4) is 0 Å². The number of carbonyl (C=O) groups excluding carboxylic acids is 1. The normalized spacial score (nSPS) is 22.3. The monoisotopic (exact) mass is 394 g/mol. The molecule has 5 heteroatoms. The number of nitrogens with zero attached hydrogens (tertiary/aromatic N) is 1. The Balaban J connectivity index is 1.50. The summed E-state index contributed by atoms with van der Waals surface area (Å²) in [5, 5.41) is 3.10. The lowest BCUT2D eigenvalue weighted by molar-refractivity contribution is -0.126. The SMILES string of the molecule is COc1ccc([C@H]2CNC(=O)[C@H](Cc3cccc(C)n3)C2)cc1OC1CCCC1. The zero-order chi connectivity index (χ0) is 20.2. The molecule has 1 amide bonds. The van der Waals surface area contributed by atoms with Gasteiger partial charge in [0.2, 0.25) is 5.91 Å². The number of aromatic nitrogens is 1. The van der Waals surface area contributed by atoms with E-state index in [0.717, 1.165) is 42.1 Å². The molecule has 154 valence electrons. The fourth-order valence-electron chi connectivity index (χ4n) is 4.52. The molecule has 2 aliphatic rings. The number of ether oxygens (including phenoxy) is 2. The van der Waals surface area contributed by atoms with Crippen molar-refractivity contribution in [2.24, 2.45) is 5.92 Å². The van der Waals surface area contributed by atoms with Crippen LogP contribution in [0.5, 0.6) is 11.5 Å². The van der Waals surface area contributed by atoms with Gasteiger partial charge in [0.15, 0.2) is 11.5 Å². The molecule has 2 atom stereocenters. The lowest BCUT2D eigenvalue weighted by Gasteiger charge is -2.30. The Labute approximate surface area is 172 Å². The molecule has 0 spiro atoms. The van der Waals surface area contributed by atoms with E-state index in [1.165, 1.54) is 18.4 Å². The van der Waals surface area contributed by atoms with E-state index in [9.17, 15) is 4.79 Å². The summed E-state index contributed by atoms with van der Waals surface area (Å²) in [7, 11) is 1.68. The van der Waals surface area contributed by atoms with Crippen molar-refractivity contribution in [2.45, 2.75) is 57.5 Å². The minimum absolute atomic E-state index is 0.0654. The van der Waals surface area contributed by atoms with E-state index in [2.05, 4.69) is 22.4 Å². The van der Waals surface area contributed by atoms with Crippen molar-refractivity contribution in [3.63, 3.8) is 0 Å². The van der Waals surface area contributed by atoms with Gasteiger partial charge < -0.3 is 14.8 Å². The first-order valence-corrected chi connectivity index (χ1v) is 10.7. The summed E-state index contributed by atoms with van der Waals surface area (Å²) in [6, 6.07) is 12.2. The first-order chi connectivity index (χ1) is 14.1. The molecular formula is C24H30N2O3. The molecular weight excluding hydrogens is 364 g/mol. The van der Waals surface area contributed by atoms with Gasteiger partial charge >= 0.3 is 0 Å². The first-order valence-electron chi connectivity index (χ1n) is 10.7. The van der Waals surface area contributed by atoms with Crippen LogP contribution in [0.4, 0.5) is 0 Å². The summed E-state index contributed by atoms with van der Waals surface area (Å²) in [4.78, 5) is 17.1. The second-order valence-corrected chi connectivity index (χ2v) is 8.28. The van der Waals surface area contributed by atoms with E-state index in [1.54, 1.807) is 7.11 Å². The van der Waals surface area contributed by atoms with Crippen molar-refractivity contribution < 1.29 is 14.3 Å². The van der Waals surface area contributed by atoms with Crippen LogP contribution >= 0.6 is 0 Å². The molecule has 2 aromatic rings. The van der Waals surface area contributed by atoms with Crippen LogP contribution in [0.15, 0.2) is 36.4 Å². The standard InChI is InChI=1S/C24H30N2O3/c1-16-6-5-7-20(26-16)13-18-12-19(15-25-24(18)27)17-10-11-22(28-2)23(14-17)29-21-8-3-4-9-21/h5-7,10-11,14,18-19,21H,3-4,8-9,12-13,15H2,1-2H3,(H,25,27)/t18-,19+/m0/s1. The van der Waals surface area contributed by atoms with Crippen LogP contribution in [0, 0.1) is 12.8 Å². The fraction of sp³-hybridized carbons (Fsp3) is 0.500. The molecule has 4 rings (SSSR count). The summed E-state index contributed by atoms with van der Waals surface area (Å²) in [5.74, 6) is 1.93. The highest BCUT2D eigenvalue weighted by Gasteiger charge is 2.30. The summed E-state index contributed by atoms with van der Waals surface area (Å²) in [5.41, 5.74) is 3.16. The first kappa shape index (κ1) is 19.7. The molecule has 1 saturated carbocycles. The highest BCUT2D eigenvalue weighted by Crippen LogP contribution is 2.37. The molecule has 0 bridgehead atoms. The van der Waals surface area contributed by atoms with E-state index in [4.69, 9.17) is 9.47 Å². The van der Waals surface area contributed by atoms with Gasteiger partial charge in [0.1, 0.15) is 0 Å². The van der Waals surface area contributed by atoms with Crippen molar-refractivity contribution in [2.75, 3.05) is 13.7 Å². The predicted molar refractivity (Wildman–Crippen MR) is 112 cm³/mol. The summed E-state index contributed by atoms with van der Waals surface area (Å²) in [6.07, 6.45) is 6.45. The zero-order valence-corrected chi connectivity index (χ0v) is 17.3. The largest absolute Gasteiger partial charge is 0.493 e. The third-order valence-electron chi connectivity index (χ3n) is 6.12. The lowest BCUT2D eigenvalue weighted by atomic mass is 9.83. The van der Waals surface area contributed by atoms with Gasteiger partial charge in [-0.15, -0.1) is 0 Å². The van der Waals surface area contributed by atoms with Gasteiger partial charge in [0.05, 0.1) is 13.2 Å². The number of hydrogen-bond donors (Lipinski definition) is 1. The quantitative estimate of drug-likeness (QED) is 0.798. The average molecular weight is 395 g/mol. The minimum atomic E-state index is -0.0654. The summed E-state index contributed by atoms with van der Waals surface area (Å²) in [6.45, 7) is 2.64. The predicted octanol–water partition coefficient (Wildman–Crippen LogP) is 4.18. The average Bonchev–Trinajstić information content (AvgIpc) is 3.23. The summed E-state index contributed by atoms with van der Waals surface area (Å²) >= 11 is 0. The maximum absolute atomic E-state index is 12.5. The van der Waals surface area contributed by atoms with Crippen molar-refractivity contribution >= 4 is 5.91 Å². The van der Waals surface area contributed by atoms with E-state index in [0.29, 0.717) is 13.0 Å². The molecule has 1 aliphatic heterocycles. The van der Waals surface area contributed by atoms with E-state index < -0.39 is 0 Å². The topological polar surface area (TPSA) is 60.5 Å². The van der Waals surface area contributed by atoms with Crippen molar-refractivity contribution in [3.05, 3.63) is 53.3 Å². The smallest absolute Gasteiger partial charge is 0.223 e. The van der Waals surface area contributed by atoms with E-state index in [1.807, 2.05) is 31.2 Å². The molecule has 1 aromatic carbocycles. The van der Waals surface area contributed by atoms with Gasteiger partial charge in [-0.05, 0) is 68.9 Å². The summed E-state index contributed by atoms with van der Waals surface area (Å²) < 4.78 is 11.8. The Morgan fingerprint density at radius 3 is 2.72 bits per heavy atom. The number of aryl methyl sites for hydroxylation is 1. The highest BCUT2D eigenvalue weighted by atomic mass is 16.5. The molecule has 2 heterocycles. The van der Waals surface area contributed by atoms with Crippen LogP contribution in [0.2, 0.25) is 0 Å². The minimum Gasteiger partial charge on any atom is -0.493 e. The number of rotatable bonds is 6. The number of hydrogen-bond acceptors (Lipinski definition) is 4. The maximum Gasteiger partial charge on any atom is 0.223 e. The number of carbonyl (C=O) groups is 1. The number of methoxy groups -OCH3 is 1. The van der Waals surface area contributed by atoms with Crippen LogP contribution in [0.25, 0.3) is 0 Å². The molecule has 2 fully saturated rings. The van der Waals surface area contributed by atoms with Gasteiger partial charge in [-0.3, -0.25) is 9.78 Å². The Morgan fingerprint density at radius 1 is 1.14 bits per heavy atom. The van der Waals surface area contributed by atoms with Gasteiger partial charge in [-0.1, -0.05) is 12.1 Å². The molecule has 0 unspecified atom stereocenters. The zero-order valence-electron chi connectivity index (χ0n) is 17.3. The molecule has 1 N–H and O–H groups in total. The maximum atomic E-state index is 12.5. The van der Waals surface area contributed by atoms with Gasteiger partial charge in [0, 0.05) is 36.2 Å². The van der Waals surface area contributed by atoms with Crippen LogP contribution in [-0.2, 0) is 11.2 Å². The Morgan fingerprint density at radius 2 is 1.97 bits per heavy atom. The molecule has 0 radical (unpaired) electrons. The Kier molecular flexibility index (Phi) is 6.02. The van der Waals surface area contributed by atoms with E-state index >= 15 is 0 Å². The second-order valence-electron chi connectivity index (χ2n) is 8.28. The van der Waals surface area contributed by atoms with Gasteiger partial charge in [-0.25, -0.2) is 0 Å². The molecule has 1 aliphatic carbocycles. The van der Waals surface area contributed by atoms with Crippen molar-refractivity contribution in [1.82, 2.24) is 10.3 Å². The molecule has 29 heavy (non-hydrogen) atoms. The van der Waals surface area contributed by atoms with Crippen molar-refractivity contribution in [3.8, 4) is 11.5 Å². The van der Waals surface area contributed by atoms with E-state index in [-0.39, 0.29) is 23.8 Å². The number of piperidine rings is 1. The van der Waals surface area contributed by atoms with Gasteiger partial charge in [0.25, 0.3) is 0 Å². The molecule has 5 nitrogen and oxygen atoms in total. The number of nitrogens with one attached hydrogen (secondary N) is 1. The highest BCUT2D eigenvalue weighted by molar-refractivity contribution is 5.80. The Hall–Kier alpha value is -2.56.